The number of methoxy groups -OCH3 is 1. The Morgan fingerprint density at radius 2 is 2.09 bits per heavy atom. The van der Waals surface area contributed by atoms with Gasteiger partial charge in [-0.05, 0) is 38.1 Å². The maximum absolute atomic E-state index is 13.0. The molecule has 1 aromatic heterocycles. The molecule has 1 fully saturated rings. The number of hydrogen-bond donors (Lipinski definition) is 0. The van der Waals surface area contributed by atoms with E-state index in [2.05, 4.69) is 4.98 Å². The van der Waals surface area contributed by atoms with Gasteiger partial charge in [0.1, 0.15) is 28.5 Å². The fraction of sp³-hybridized carbons (Fsp3) is 0.333. The van der Waals surface area contributed by atoms with Crippen LogP contribution in [0.5, 0.6) is 11.5 Å². The molecule has 3 heterocycles. The maximum atomic E-state index is 13.0. The Labute approximate surface area is 203 Å². The minimum atomic E-state index is -0.695. The first-order chi connectivity index (χ1) is 16.9. The van der Waals surface area contributed by atoms with Crippen LogP contribution in [0.4, 0.5) is 5.82 Å². The zero-order valence-electron chi connectivity index (χ0n) is 20.0. The minimum absolute atomic E-state index is 0.0146. The molecule has 1 atom stereocenters. The second kappa shape index (κ2) is 9.02. The summed E-state index contributed by atoms with van der Waals surface area (Å²) in [5.74, 6) is 1.73. The highest BCUT2D eigenvalue weighted by Crippen LogP contribution is 2.41. The van der Waals surface area contributed by atoms with E-state index < -0.39 is 11.6 Å². The third-order valence-electron chi connectivity index (χ3n) is 6.45. The molecule has 1 unspecified atom stereocenters. The average Bonchev–Trinajstić information content (AvgIpc) is 3.26. The number of aryl methyl sites for hydroxylation is 1. The molecule has 180 valence electrons. The van der Waals surface area contributed by atoms with Crippen molar-refractivity contribution in [1.29, 1.82) is 0 Å². The van der Waals surface area contributed by atoms with Crippen LogP contribution < -0.4 is 14.4 Å². The molecule has 0 saturated carbocycles. The number of ketones is 1. The van der Waals surface area contributed by atoms with Gasteiger partial charge in [-0.25, -0.2) is 14.8 Å². The van der Waals surface area contributed by atoms with Crippen molar-refractivity contribution in [2.45, 2.75) is 32.3 Å². The number of aromatic nitrogens is 2. The number of fused-ring (bicyclic) bond motifs is 1. The van der Waals surface area contributed by atoms with Gasteiger partial charge in [-0.15, -0.1) is 0 Å². The van der Waals surface area contributed by atoms with Gasteiger partial charge in [0.25, 0.3) is 0 Å². The Morgan fingerprint density at radius 1 is 1.23 bits per heavy atom. The van der Waals surface area contributed by atoms with E-state index in [9.17, 15) is 9.59 Å². The zero-order valence-corrected chi connectivity index (χ0v) is 20.0. The van der Waals surface area contributed by atoms with E-state index in [1.54, 1.807) is 32.2 Å². The van der Waals surface area contributed by atoms with Crippen molar-refractivity contribution in [3.05, 3.63) is 65.4 Å². The molecule has 8 heteroatoms. The van der Waals surface area contributed by atoms with Crippen molar-refractivity contribution in [3.63, 3.8) is 0 Å². The van der Waals surface area contributed by atoms with E-state index in [0.29, 0.717) is 53.8 Å². The van der Waals surface area contributed by atoms with Gasteiger partial charge < -0.3 is 19.1 Å². The lowest BCUT2D eigenvalue weighted by atomic mass is 9.89. The molecule has 0 aliphatic carbocycles. The van der Waals surface area contributed by atoms with Gasteiger partial charge in [-0.1, -0.05) is 23.8 Å². The summed E-state index contributed by atoms with van der Waals surface area (Å²) in [6, 6.07) is 13.2. The molecule has 8 nitrogen and oxygen atoms in total. The normalized spacial score (nSPS) is 18.8. The topological polar surface area (TPSA) is 90.9 Å². The van der Waals surface area contributed by atoms with Crippen molar-refractivity contribution in [1.82, 2.24) is 9.97 Å². The Morgan fingerprint density at radius 3 is 2.86 bits per heavy atom. The second-order valence-corrected chi connectivity index (χ2v) is 8.94. The number of carbonyl (C=O) groups excluding carboxylic acids is 2. The molecule has 0 amide bonds. The Kier molecular flexibility index (Phi) is 5.88. The van der Waals surface area contributed by atoms with Gasteiger partial charge in [0.15, 0.2) is 11.6 Å². The molecule has 3 aromatic rings. The number of nitrogens with zero attached hydrogens (tertiary/aromatic N) is 3. The first kappa shape index (κ1) is 22.8. The summed E-state index contributed by atoms with van der Waals surface area (Å²) >= 11 is 0. The second-order valence-electron chi connectivity index (χ2n) is 8.94. The molecular formula is C27H27N3O5. The molecule has 0 N–H and O–H groups in total. The monoisotopic (exact) mass is 473 g/mol. The molecule has 2 aromatic carbocycles. The Balaban J connectivity index is 1.49. The number of Topliss-reactive ketones (excluding diaryl/α,β-unsaturated/α-hetero) is 1. The third kappa shape index (κ3) is 4.32. The van der Waals surface area contributed by atoms with Gasteiger partial charge in [0, 0.05) is 24.7 Å². The molecular weight excluding hydrogens is 446 g/mol. The van der Waals surface area contributed by atoms with Crippen LogP contribution in [0.3, 0.4) is 0 Å². The van der Waals surface area contributed by atoms with Gasteiger partial charge in [0.2, 0.25) is 0 Å². The number of anilines is 1. The lowest BCUT2D eigenvalue weighted by Gasteiger charge is -2.35. The largest absolute Gasteiger partial charge is 0.497 e. The smallest absolute Gasteiger partial charge is 0.343 e. The molecule has 0 bridgehead atoms. The minimum Gasteiger partial charge on any atom is -0.497 e. The highest BCUT2D eigenvalue weighted by atomic mass is 16.5. The Hall–Kier alpha value is -3.94. The van der Waals surface area contributed by atoms with Crippen molar-refractivity contribution < 1.29 is 23.8 Å². The molecule has 35 heavy (non-hydrogen) atoms. The summed E-state index contributed by atoms with van der Waals surface area (Å²) in [7, 11) is 1.57. The quantitative estimate of drug-likeness (QED) is 0.508. The Bertz CT molecular complexity index is 1310. The summed E-state index contributed by atoms with van der Waals surface area (Å²) in [6.45, 7) is 5.01. The average molecular weight is 474 g/mol. The highest BCUT2D eigenvalue weighted by molar-refractivity contribution is 6.01. The van der Waals surface area contributed by atoms with E-state index >= 15 is 0 Å². The van der Waals surface area contributed by atoms with Gasteiger partial charge >= 0.3 is 5.97 Å². The molecule has 2 aliphatic rings. The van der Waals surface area contributed by atoms with Crippen LogP contribution >= 0.6 is 0 Å². The molecule has 5 rings (SSSR count). The number of hydrogen-bond acceptors (Lipinski definition) is 8. The SMILES string of the molecule is CCOC(=O)c1cnc(-c2cccc(C)c2)nc1N1CCC2(CC(=O)c3cc(OC)ccc3O2)C1. The fourth-order valence-corrected chi connectivity index (χ4v) is 4.74. The van der Waals surface area contributed by atoms with Gasteiger partial charge in [0.05, 0.1) is 32.2 Å². The van der Waals surface area contributed by atoms with Crippen LogP contribution in [0.1, 0.15) is 46.0 Å². The van der Waals surface area contributed by atoms with Crippen LogP contribution in [-0.4, -0.2) is 54.1 Å². The van der Waals surface area contributed by atoms with Crippen LogP contribution in [0.25, 0.3) is 11.4 Å². The van der Waals surface area contributed by atoms with Crippen LogP contribution in [0, 0.1) is 6.92 Å². The zero-order chi connectivity index (χ0) is 24.6. The van der Waals surface area contributed by atoms with Crippen molar-refractivity contribution in [2.24, 2.45) is 0 Å². The maximum Gasteiger partial charge on any atom is 0.343 e. The molecule has 0 radical (unpaired) electrons. The van der Waals surface area contributed by atoms with E-state index in [1.807, 2.05) is 36.1 Å². The third-order valence-corrected chi connectivity index (χ3v) is 6.45. The summed E-state index contributed by atoms with van der Waals surface area (Å²) in [5, 5.41) is 0. The van der Waals surface area contributed by atoms with Crippen LogP contribution in [0.15, 0.2) is 48.7 Å². The van der Waals surface area contributed by atoms with E-state index in [-0.39, 0.29) is 18.8 Å². The van der Waals surface area contributed by atoms with Crippen LogP contribution in [-0.2, 0) is 4.74 Å². The first-order valence-corrected chi connectivity index (χ1v) is 11.7. The van der Waals surface area contributed by atoms with Gasteiger partial charge in [-0.3, -0.25) is 4.79 Å². The van der Waals surface area contributed by atoms with E-state index in [1.165, 1.54) is 6.20 Å². The fourth-order valence-electron chi connectivity index (χ4n) is 4.74. The summed E-state index contributed by atoms with van der Waals surface area (Å²) in [6.07, 6.45) is 2.39. The highest BCUT2D eigenvalue weighted by Gasteiger charge is 2.47. The number of rotatable bonds is 5. The van der Waals surface area contributed by atoms with Crippen LogP contribution in [0.2, 0.25) is 0 Å². The van der Waals surface area contributed by atoms with Crippen molar-refractivity contribution >= 4 is 17.6 Å². The predicted octanol–water partition coefficient (Wildman–Crippen LogP) is 4.25. The van der Waals surface area contributed by atoms with Crippen molar-refractivity contribution in [3.8, 4) is 22.9 Å². The number of ether oxygens (including phenoxy) is 3. The lowest BCUT2D eigenvalue weighted by molar-refractivity contribution is 0.0514. The first-order valence-electron chi connectivity index (χ1n) is 11.7. The van der Waals surface area contributed by atoms with Crippen molar-refractivity contribution in [2.75, 3.05) is 31.7 Å². The van der Waals surface area contributed by atoms with Gasteiger partial charge in [-0.2, -0.15) is 0 Å². The number of benzene rings is 2. The predicted molar refractivity (Wildman–Crippen MR) is 130 cm³/mol. The number of esters is 1. The van der Waals surface area contributed by atoms with E-state index in [0.717, 1.165) is 11.1 Å². The van der Waals surface area contributed by atoms with E-state index in [4.69, 9.17) is 19.2 Å². The lowest BCUT2D eigenvalue weighted by Crippen LogP contribution is -2.44. The molecule has 1 spiro atoms. The molecule has 1 saturated heterocycles. The summed E-state index contributed by atoms with van der Waals surface area (Å²) < 4.78 is 16.9. The summed E-state index contributed by atoms with van der Waals surface area (Å²) in [4.78, 5) is 37.0. The molecule has 2 aliphatic heterocycles. The number of carbonyl (C=O) groups is 2. The summed E-state index contributed by atoms with van der Waals surface area (Å²) in [5.41, 5.74) is 2.09. The standard InChI is InChI=1S/C27H27N3O5/c1-4-34-26(32)21-15-28-24(18-7-5-6-17(2)12-18)29-25(21)30-11-10-27(16-30)14-22(31)20-13-19(33-3)8-9-23(20)35-27/h5-9,12-13,15H,4,10-11,14,16H2,1-3H3.